The van der Waals surface area contributed by atoms with Crippen molar-refractivity contribution in [2.45, 2.75) is 108 Å². The van der Waals surface area contributed by atoms with Gasteiger partial charge in [0.25, 0.3) is 5.91 Å². The first-order valence-electron chi connectivity index (χ1n) is 23.1. The fraction of sp³-hybridized carbons (Fsp3) is 0.407. The first kappa shape index (κ1) is 49.7. The standard InChI is InChI=1S/C54H57NO15/c1-30-37(67-50(63)43(59)42(33-16-10-7-11-17-33)55-48(61)34-18-12-8-13-19-34)28-54(64)47(69-49(62)35-20-14-9-15-21-35)45-52(5,38(57)27-39-53(45,29-66-39)70-31(2)56)46(60)44(41(30)51(54,3)4)68-40(58)26-32-22-24-36(65-6)25-23-32/h7-25,37-39,42-45,47,57,59,64H,26-29H2,1-6H3,(H,55,61)/t37-,38-,39+,42-,43+,44+,45-,47-,52+,53-,54+/m0/s1. The van der Waals surface area contributed by atoms with Crippen LogP contribution in [-0.4, -0.2) is 112 Å². The Hall–Kier alpha value is -6.72. The van der Waals surface area contributed by atoms with Crippen molar-refractivity contribution in [3.8, 4) is 5.75 Å². The number of hydrogen-bond donors (Lipinski definition) is 4. The molecule has 0 radical (unpaired) electrons. The number of amides is 1. The summed E-state index contributed by atoms with van der Waals surface area (Å²) < 4.78 is 36.3. The van der Waals surface area contributed by atoms with Gasteiger partial charge in [-0.05, 0) is 72.5 Å². The van der Waals surface area contributed by atoms with Crippen molar-refractivity contribution in [2.75, 3.05) is 13.7 Å². The predicted molar refractivity (Wildman–Crippen MR) is 249 cm³/mol. The Labute approximate surface area is 404 Å². The molecule has 0 unspecified atom stereocenters. The zero-order valence-corrected chi connectivity index (χ0v) is 39.7. The molecule has 70 heavy (non-hydrogen) atoms. The zero-order valence-electron chi connectivity index (χ0n) is 39.7. The molecule has 2 saturated carbocycles. The van der Waals surface area contributed by atoms with Gasteiger partial charge in [-0.2, -0.15) is 0 Å². The summed E-state index contributed by atoms with van der Waals surface area (Å²) in [5, 5.41) is 41.0. The van der Waals surface area contributed by atoms with Gasteiger partial charge in [-0.1, -0.05) is 92.7 Å². The molecule has 0 spiro atoms. The van der Waals surface area contributed by atoms with Gasteiger partial charge < -0.3 is 49.1 Å². The van der Waals surface area contributed by atoms with Gasteiger partial charge in [-0.3, -0.25) is 19.2 Å². The number of nitrogens with one attached hydrogen (secondary N) is 1. The smallest absolute Gasteiger partial charge is 0.338 e. The zero-order chi connectivity index (χ0) is 50.3. The highest BCUT2D eigenvalue weighted by molar-refractivity contribution is 5.96. The molecule has 16 nitrogen and oxygen atoms in total. The molecule has 3 aliphatic carbocycles. The topological polar surface area (TPSA) is 231 Å². The Bertz CT molecular complexity index is 2670. The highest BCUT2D eigenvalue weighted by Gasteiger charge is 2.78. The molecule has 8 rings (SSSR count). The summed E-state index contributed by atoms with van der Waals surface area (Å²) in [5.74, 6) is -6.42. The normalized spacial score (nSPS) is 29.5. The van der Waals surface area contributed by atoms with Crippen molar-refractivity contribution < 1.29 is 72.5 Å². The molecule has 4 aliphatic rings. The number of aliphatic hydroxyl groups excluding tert-OH is 2. The predicted octanol–water partition coefficient (Wildman–Crippen LogP) is 4.97. The van der Waals surface area contributed by atoms with Crippen LogP contribution < -0.4 is 10.1 Å². The van der Waals surface area contributed by atoms with Gasteiger partial charge in [-0.25, -0.2) is 9.59 Å². The maximum Gasteiger partial charge on any atom is 0.338 e. The first-order valence-corrected chi connectivity index (χ1v) is 23.1. The van der Waals surface area contributed by atoms with Crippen molar-refractivity contribution in [3.63, 3.8) is 0 Å². The van der Waals surface area contributed by atoms with Crippen LogP contribution in [-0.2, 0) is 49.3 Å². The van der Waals surface area contributed by atoms with Crippen LogP contribution in [0.25, 0.3) is 0 Å². The number of benzene rings is 4. The summed E-state index contributed by atoms with van der Waals surface area (Å²) in [6.45, 7) is 6.90. The Morgan fingerprint density at radius 2 is 1.43 bits per heavy atom. The number of Topliss-reactive ketones (excluding diaryl/α,β-unsaturated/α-hetero) is 1. The molecule has 368 valence electrons. The van der Waals surface area contributed by atoms with Crippen LogP contribution in [0.4, 0.5) is 0 Å². The third-order valence-corrected chi connectivity index (χ3v) is 15.0. The molecule has 1 amide bonds. The quantitative estimate of drug-likeness (QED) is 0.0788. The monoisotopic (exact) mass is 959 g/mol. The molecule has 4 aromatic rings. The largest absolute Gasteiger partial charge is 0.497 e. The van der Waals surface area contributed by atoms with Crippen molar-refractivity contribution in [3.05, 3.63) is 149 Å². The Kier molecular flexibility index (Phi) is 13.7. The molecule has 2 bridgehead atoms. The molecule has 1 saturated heterocycles. The molecular weight excluding hydrogens is 903 g/mol. The second-order valence-corrected chi connectivity index (χ2v) is 19.3. The lowest BCUT2D eigenvalue weighted by Crippen LogP contribution is -2.82. The molecule has 3 fully saturated rings. The van der Waals surface area contributed by atoms with E-state index in [0.29, 0.717) is 16.9 Å². The molecule has 11 atom stereocenters. The average molecular weight is 960 g/mol. The van der Waals surface area contributed by atoms with Gasteiger partial charge in [-0.15, -0.1) is 0 Å². The third-order valence-electron chi connectivity index (χ3n) is 15.0. The summed E-state index contributed by atoms with van der Waals surface area (Å²) in [7, 11) is 1.49. The number of fused-ring (bicyclic) bond motifs is 5. The summed E-state index contributed by atoms with van der Waals surface area (Å²) in [4.78, 5) is 86.1. The number of esters is 4. The van der Waals surface area contributed by atoms with Crippen LogP contribution in [0.5, 0.6) is 5.75 Å². The van der Waals surface area contributed by atoms with Crippen LogP contribution in [0, 0.1) is 16.7 Å². The number of methoxy groups -OCH3 is 1. The van der Waals surface area contributed by atoms with Gasteiger partial charge in [0.15, 0.2) is 23.6 Å². The van der Waals surface area contributed by atoms with E-state index in [9.17, 15) is 39.3 Å². The lowest BCUT2D eigenvalue weighted by Gasteiger charge is -2.67. The summed E-state index contributed by atoms with van der Waals surface area (Å²) in [6.07, 6.45) is -11.2. The number of ether oxygens (including phenoxy) is 6. The van der Waals surface area contributed by atoms with E-state index < -0.39 is 113 Å². The molecule has 16 heteroatoms. The molecule has 1 aliphatic heterocycles. The molecule has 0 aromatic heterocycles. The molecule has 4 aromatic carbocycles. The van der Waals surface area contributed by atoms with Crippen LogP contribution in [0.3, 0.4) is 0 Å². The number of rotatable bonds is 13. The van der Waals surface area contributed by atoms with Crippen molar-refractivity contribution in [1.29, 1.82) is 0 Å². The Morgan fingerprint density at radius 3 is 2.00 bits per heavy atom. The van der Waals surface area contributed by atoms with Crippen LogP contribution >= 0.6 is 0 Å². The van der Waals surface area contributed by atoms with Crippen molar-refractivity contribution in [1.82, 2.24) is 5.32 Å². The molecule has 1 heterocycles. The minimum atomic E-state index is -2.44. The van der Waals surface area contributed by atoms with E-state index in [1.165, 1.54) is 33.1 Å². The van der Waals surface area contributed by atoms with E-state index in [-0.39, 0.29) is 41.7 Å². The molecular formula is C54H57NO15. The number of carbonyl (C=O) groups is 6. The fourth-order valence-corrected chi connectivity index (χ4v) is 11.1. The van der Waals surface area contributed by atoms with Gasteiger partial charge >= 0.3 is 23.9 Å². The van der Waals surface area contributed by atoms with Crippen LogP contribution in [0.2, 0.25) is 0 Å². The van der Waals surface area contributed by atoms with Gasteiger partial charge in [0.05, 0.1) is 49.2 Å². The number of ketones is 1. The van der Waals surface area contributed by atoms with Crippen LogP contribution in [0.15, 0.2) is 126 Å². The minimum Gasteiger partial charge on any atom is -0.497 e. The summed E-state index contributed by atoms with van der Waals surface area (Å²) in [6, 6.07) is 29.5. The van der Waals surface area contributed by atoms with E-state index >= 15 is 4.79 Å². The van der Waals surface area contributed by atoms with Gasteiger partial charge in [0.2, 0.25) is 0 Å². The van der Waals surface area contributed by atoms with E-state index in [0.717, 1.165) is 6.92 Å². The maximum atomic E-state index is 16.0. The summed E-state index contributed by atoms with van der Waals surface area (Å²) in [5.41, 5.74) is -6.82. The third kappa shape index (κ3) is 8.67. The highest BCUT2D eigenvalue weighted by Crippen LogP contribution is 2.64. The highest BCUT2D eigenvalue weighted by atomic mass is 16.6. The summed E-state index contributed by atoms with van der Waals surface area (Å²) >= 11 is 0. The van der Waals surface area contributed by atoms with Crippen molar-refractivity contribution in [2.24, 2.45) is 16.7 Å². The lowest BCUT2D eigenvalue weighted by molar-refractivity contribution is -0.346. The lowest BCUT2D eigenvalue weighted by atomic mass is 9.44. The van der Waals surface area contributed by atoms with E-state index in [4.69, 9.17) is 28.4 Å². The Balaban J connectivity index is 1.29. The van der Waals surface area contributed by atoms with E-state index in [1.807, 2.05) is 0 Å². The number of hydrogen-bond acceptors (Lipinski definition) is 15. The minimum absolute atomic E-state index is 0.0280. The second-order valence-electron chi connectivity index (χ2n) is 19.3. The van der Waals surface area contributed by atoms with E-state index in [2.05, 4.69) is 5.32 Å². The molecule has 4 N–H and O–H groups in total. The SMILES string of the molecule is COc1ccc(CC(=O)O[C@H]2C(=O)[C@@]3(C)[C@H]([C@H](OC(=O)c4ccccc4)[C@]4(O)C[C@H](OC(=O)[C@H](O)[C@@H](NC(=O)c5ccccc5)c5ccccc5)C(C)=C2C4(C)C)[C@]2(OC(C)=O)CO[C@@H]2C[C@@H]3O)cc1. The average Bonchev–Trinajstić information content (AvgIpc) is 3.34. The van der Waals surface area contributed by atoms with Gasteiger partial charge in [0.1, 0.15) is 29.7 Å². The van der Waals surface area contributed by atoms with Gasteiger partial charge in [0, 0.05) is 30.7 Å². The number of carbonyl (C=O) groups excluding carboxylic acids is 6. The van der Waals surface area contributed by atoms with Crippen molar-refractivity contribution >= 4 is 35.6 Å². The number of aliphatic hydroxyl groups is 3. The maximum absolute atomic E-state index is 16.0. The second kappa shape index (κ2) is 19.2. The van der Waals surface area contributed by atoms with E-state index in [1.54, 1.807) is 117 Å². The fourth-order valence-electron chi connectivity index (χ4n) is 11.1. The first-order chi connectivity index (χ1) is 33.3. The van der Waals surface area contributed by atoms with Crippen LogP contribution in [0.1, 0.15) is 85.3 Å². The Morgan fingerprint density at radius 1 is 0.829 bits per heavy atom.